The number of alkyl halides is 4. The van der Waals surface area contributed by atoms with E-state index in [1.165, 1.54) is 26.2 Å². The highest BCUT2D eigenvalue weighted by Crippen LogP contribution is 2.38. The Kier molecular flexibility index (Phi) is 6.77. The van der Waals surface area contributed by atoms with E-state index in [4.69, 9.17) is 23.2 Å². The van der Waals surface area contributed by atoms with Gasteiger partial charge in [-0.05, 0) is 25.1 Å². The summed E-state index contributed by atoms with van der Waals surface area (Å²) in [6.07, 6.45) is -6.40. The molecule has 1 N–H and O–H groups in total. The number of hydrogen-bond acceptors (Lipinski definition) is 5. The lowest BCUT2D eigenvalue weighted by atomic mass is 10.2. The molecule has 3 aromatic rings. The number of nitrogens with zero attached hydrogens (tertiary/aromatic N) is 2. The second-order valence-corrected chi connectivity index (χ2v) is 8.05. The van der Waals surface area contributed by atoms with Crippen molar-refractivity contribution in [3.05, 3.63) is 44.5 Å². The molecule has 0 aliphatic heterocycles. The molecule has 2 aromatic heterocycles. The first kappa shape index (κ1) is 23.3. The number of methoxy groups -OCH3 is 1. The number of thiophene rings is 1. The van der Waals surface area contributed by atoms with Crippen LogP contribution in [0.4, 0.5) is 23.2 Å². The number of hydrogen-bond donors (Lipinski definition) is 1. The maximum atomic E-state index is 13.4. The van der Waals surface area contributed by atoms with Gasteiger partial charge in [0, 0.05) is 15.8 Å². The van der Waals surface area contributed by atoms with E-state index in [-0.39, 0.29) is 15.6 Å². The largest absolute Gasteiger partial charge is 0.465 e. The minimum absolute atomic E-state index is 0.184. The monoisotopic (exact) mass is 497 g/mol. The number of anilines is 1. The molecule has 0 radical (unpaired) electrons. The highest BCUT2D eigenvalue weighted by Gasteiger charge is 2.32. The first-order chi connectivity index (χ1) is 14.6. The maximum absolute atomic E-state index is 13.4. The zero-order valence-electron chi connectivity index (χ0n) is 15.8. The predicted octanol–water partition coefficient (Wildman–Crippen LogP) is 6.27. The number of halogens is 6. The SMILES string of the molecule is COC(=O)c1sc2cc(NC(=O)C(C)n3nc(C(F)F)c(Cl)c3C(F)F)ccc2c1Cl. The molecule has 0 saturated carbocycles. The van der Waals surface area contributed by atoms with Gasteiger partial charge in [-0.2, -0.15) is 5.10 Å². The Morgan fingerprint density at radius 1 is 1.16 bits per heavy atom. The molecule has 0 fully saturated rings. The molecule has 31 heavy (non-hydrogen) atoms. The molecule has 3 rings (SSSR count). The van der Waals surface area contributed by atoms with Crippen molar-refractivity contribution in [2.24, 2.45) is 0 Å². The van der Waals surface area contributed by atoms with Crippen molar-refractivity contribution in [1.82, 2.24) is 9.78 Å². The van der Waals surface area contributed by atoms with Gasteiger partial charge in [-0.25, -0.2) is 27.0 Å². The number of carbonyl (C=O) groups is 2. The minimum Gasteiger partial charge on any atom is -0.465 e. The van der Waals surface area contributed by atoms with E-state index in [1.807, 2.05) is 0 Å². The van der Waals surface area contributed by atoms with Crippen molar-refractivity contribution in [2.75, 3.05) is 12.4 Å². The van der Waals surface area contributed by atoms with Crippen LogP contribution in [0, 0.1) is 0 Å². The van der Waals surface area contributed by atoms with E-state index in [0.717, 1.165) is 11.3 Å². The number of benzene rings is 1. The lowest BCUT2D eigenvalue weighted by molar-refractivity contribution is -0.119. The van der Waals surface area contributed by atoms with E-state index in [9.17, 15) is 27.2 Å². The van der Waals surface area contributed by atoms with Gasteiger partial charge in [0.15, 0.2) is 0 Å². The smallest absolute Gasteiger partial charge is 0.349 e. The molecule has 1 unspecified atom stereocenters. The zero-order chi connectivity index (χ0) is 23.0. The van der Waals surface area contributed by atoms with Crippen LogP contribution >= 0.6 is 34.5 Å². The summed E-state index contributed by atoms with van der Waals surface area (Å²) in [6, 6.07) is 3.20. The van der Waals surface area contributed by atoms with Gasteiger partial charge >= 0.3 is 5.97 Å². The molecular weight excluding hydrogens is 485 g/mol. The average Bonchev–Trinajstić information content (AvgIpc) is 3.24. The molecule has 2 heterocycles. The Morgan fingerprint density at radius 2 is 1.84 bits per heavy atom. The molecule has 1 atom stereocenters. The van der Waals surface area contributed by atoms with Crippen molar-refractivity contribution in [1.29, 1.82) is 0 Å². The van der Waals surface area contributed by atoms with Crippen molar-refractivity contribution >= 4 is 62.2 Å². The van der Waals surface area contributed by atoms with Gasteiger partial charge in [0.2, 0.25) is 5.91 Å². The van der Waals surface area contributed by atoms with E-state index >= 15 is 0 Å². The Bertz CT molecular complexity index is 1170. The quantitative estimate of drug-likeness (QED) is 0.322. The van der Waals surface area contributed by atoms with Gasteiger partial charge in [-0.1, -0.05) is 23.2 Å². The summed E-state index contributed by atoms with van der Waals surface area (Å²) >= 11 is 12.8. The Balaban J connectivity index is 1.90. The molecule has 6 nitrogen and oxygen atoms in total. The lowest BCUT2D eigenvalue weighted by Gasteiger charge is -2.15. The van der Waals surface area contributed by atoms with Gasteiger partial charge in [0.25, 0.3) is 12.9 Å². The number of carbonyl (C=O) groups excluding carboxylic acids is 2. The molecule has 0 saturated heterocycles. The summed E-state index contributed by atoms with van der Waals surface area (Å²) in [5.41, 5.74) is -1.73. The number of esters is 1. The summed E-state index contributed by atoms with van der Waals surface area (Å²) < 4.78 is 58.4. The van der Waals surface area contributed by atoms with Crippen molar-refractivity contribution < 1.29 is 31.9 Å². The van der Waals surface area contributed by atoms with Crippen LogP contribution in [0.15, 0.2) is 18.2 Å². The minimum atomic E-state index is -3.22. The molecule has 0 bridgehead atoms. The van der Waals surface area contributed by atoms with Crippen LogP contribution in [0.2, 0.25) is 10.0 Å². The summed E-state index contributed by atoms with van der Waals surface area (Å²) in [5, 5.41) is 5.79. The third-order valence-electron chi connectivity index (χ3n) is 4.34. The number of amides is 1. The molecule has 166 valence electrons. The highest BCUT2D eigenvalue weighted by atomic mass is 35.5. The molecule has 0 aliphatic carbocycles. The Morgan fingerprint density at radius 3 is 2.42 bits per heavy atom. The van der Waals surface area contributed by atoms with Crippen LogP contribution in [-0.2, 0) is 9.53 Å². The number of fused-ring (bicyclic) bond motifs is 1. The van der Waals surface area contributed by atoms with Crippen LogP contribution in [0.25, 0.3) is 10.1 Å². The second kappa shape index (κ2) is 9.01. The Labute approximate surface area is 186 Å². The first-order valence-electron chi connectivity index (χ1n) is 8.52. The lowest BCUT2D eigenvalue weighted by Crippen LogP contribution is -2.26. The molecule has 1 amide bonds. The fraction of sp³-hybridized carbons (Fsp3) is 0.278. The normalized spacial score (nSPS) is 12.6. The maximum Gasteiger partial charge on any atom is 0.349 e. The van der Waals surface area contributed by atoms with Gasteiger partial charge in [-0.15, -0.1) is 11.3 Å². The summed E-state index contributed by atoms with van der Waals surface area (Å²) in [5.74, 6) is -1.41. The number of aromatic nitrogens is 2. The van der Waals surface area contributed by atoms with E-state index in [0.29, 0.717) is 14.8 Å². The van der Waals surface area contributed by atoms with Crippen molar-refractivity contribution in [2.45, 2.75) is 25.8 Å². The number of nitrogens with one attached hydrogen (secondary N) is 1. The first-order valence-corrected chi connectivity index (χ1v) is 10.1. The van der Waals surface area contributed by atoms with Gasteiger partial charge in [0.05, 0.1) is 17.2 Å². The van der Waals surface area contributed by atoms with E-state index in [1.54, 1.807) is 6.07 Å². The fourth-order valence-corrected chi connectivity index (χ4v) is 4.56. The van der Waals surface area contributed by atoms with Crippen LogP contribution in [-0.4, -0.2) is 28.8 Å². The molecule has 0 aliphatic rings. The molecule has 1 aromatic carbocycles. The van der Waals surface area contributed by atoms with Gasteiger partial charge < -0.3 is 10.1 Å². The highest BCUT2D eigenvalue weighted by molar-refractivity contribution is 7.21. The van der Waals surface area contributed by atoms with Crippen molar-refractivity contribution in [3.8, 4) is 0 Å². The van der Waals surface area contributed by atoms with E-state index < -0.39 is 47.2 Å². The standard InChI is InChI=1S/C18H13Cl2F4N3O3S/c1-6(27-13(16(23)24)11(20)12(26-27)15(21)22)17(28)25-7-3-4-8-9(5-7)31-14(10(8)19)18(29)30-2/h3-6,15-16H,1-2H3,(H,25,28). The van der Waals surface area contributed by atoms with Crippen LogP contribution < -0.4 is 5.32 Å². The summed E-state index contributed by atoms with van der Waals surface area (Å²) in [7, 11) is 1.21. The van der Waals surface area contributed by atoms with Gasteiger partial charge in [-0.3, -0.25) is 4.79 Å². The molecule has 0 spiro atoms. The van der Waals surface area contributed by atoms with Crippen LogP contribution in [0.3, 0.4) is 0 Å². The third-order valence-corrected chi connectivity index (χ3v) is 6.36. The van der Waals surface area contributed by atoms with Crippen LogP contribution in [0.1, 0.15) is 46.9 Å². The third kappa shape index (κ3) is 4.35. The number of rotatable bonds is 6. The second-order valence-electron chi connectivity index (χ2n) is 6.24. The topological polar surface area (TPSA) is 73.2 Å². The zero-order valence-corrected chi connectivity index (χ0v) is 18.1. The summed E-state index contributed by atoms with van der Waals surface area (Å²) in [4.78, 5) is 24.6. The molecule has 13 heteroatoms. The average molecular weight is 498 g/mol. The summed E-state index contributed by atoms with van der Waals surface area (Å²) in [6.45, 7) is 1.22. The fourth-order valence-electron chi connectivity index (χ4n) is 2.80. The predicted molar refractivity (Wildman–Crippen MR) is 109 cm³/mol. The Hall–Kier alpha value is -2.37. The van der Waals surface area contributed by atoms with Crippen LogP contribution in [0.5, 0.6) is 0 Å². The van der Waals surface area contributed by atoms with Gasteiger partial charge in [0.1, 0.15) is 22.3 Å². The van der Waals surface area contributed by atoms with Crippen molar-refractivity contribution in [3.63, 3.8) is 0 Å². The van der Waals surface area contributed by atoms with E-state index in [2.05, 4.69) is 15.2 Å². The molecular formula is C18H13Cl2F4N3O3S. The number of ether oxygens (including phenoxy) is 1.